The Morgan fingerprint density at radius 1 is 1.17 bits per heavy atom. The van der Waals surface area contributed by atoms with Gasteiger partial charge in [0.1, 0.15) is 11.3 Å². The average Bonchev–Trinajstić information content (AvgIpc) is 3.42. The van der Waals surface area contributed by atoms with Crippen LogP contribution in [0.15, 0.2) is 52.2 Å². The summed E-state index contributed by atoms with van der Waals surface area (Å²) in [5.74, 6) is 0.979. The molecule has 0 amide bonds. The van der Waals surface area contributed by atoms with Gasteiger partial charge in [-0.1, -0.05) is 35.5 Å². The maximum Gasteiger partial charge on any atom is 0.194 e. The summed E-state index contributed by atoms with van der Waals surface area (Å²) < 4.78 is 4.94. The molecule has 0 atom stereocenters. The summed E-state index contributed by atoms with van der Waals surface area (Å²) >= 11 is 1.73. The Hall–Kier alpha value is -2.71. The van der Waals surface area contributed by atoms with Crippen molar-refractivity contribution in [2.75, 3.05) is 32.7 Å². The lowest BCUT2D eigenvalue weighted by Gasteiger charge is -2.36. The van der Waals surface area contributed by atoms with Crippen LogP contribution < -0.4 is 5.32 Å². The highest BCUT2D eigenvalue weighted by atomic mass is 32.1. The Balaban J connectivity index is 1.39. The molecule has 3 aromatic rings. The van der Waals surface area contributed by atoms with Crippen LogP contribution in [-0.2, 0) is 13.1 Å². The van der Waals surface area contributed by atoms with Gasteiger partial charge in [-0.3, -0.25) is 4.90 Å². The van der Waals surface area contributed by atoms with E-state index in [4.69, 9.17) is 14.5 Å². The predicted octanol–water partition coefficient (Wildman–Crippen LogP) is 3.39. The Morgan fingerprint density at radius 2 is 1.97 bits per heavy atom. The molecule has 0 bridgehead atoms. The molecule has 2 aromatic heterocycles. The third kappa shape index (κ3) is 5.06. The second kappa shape index (κ2) is 9.86. The number of aryl methyl sites for hydroxylation is 1. The van der Waals surface area contributed by atoms with E-state index in [0.717, 1.165) is 67.2 Å². The summed E-state index contributed by atoms with van der Waals surface area (Å²) in [4.78, 5) is 15.7. The van der Waals surface area contributed by atoms with Gasteiger partial charge in [-0.25, -0.2) is 9.98 Å². The summed E-state index contributed by atoms with van der Waals surface area (Å²) in [6, 6.07) is 12.3. The van der Waals surface area contributed by atoms with Crippen LogP contribution in [0.4, 0.5) is 0 Å². The zero-order chi connectivity index (χ0) is 20.8. The van der Waals surface area contributed by atoms with Gasteiger partial charge in [0.2, 0.25) is 0 Å². The van der Waals surface area contributed by atoms with E-state index in [2.05, 4.69) is 58.4 Å². The molecule has 3 heterocycles. The maximum atomic E-state index is 4.94. The fourth-order valence-electron chi connectivity index (χ4n) is 3.52. The molecule has 4 rings (SSSR count). The topological polar surface area (TPSA) is 69.8 Å². The maximum absolute atomic E-state index is 4.94. The van der Waals surface area contributed by atoms with Crippen LogP contribution in [0, 0.1) is 6.92 Å². The monoisotopic (exact) mass is 424 g/mol. The molecule has 1 aliphatic rings. The molecule has 0 radical (unpaired) electrons. The first-order valence-corrected chi connectivity index (χ1v) is 11.2. The van der Waals surface area contributed by atoms with E-state index >= 15 is 0 Å². The van der Waals surface area contributed by atoms with Crippen molar-refractivity contribution >= 4 is 17.3 Å². The van der Waals surface area contributed by atoms with E-state index in [9.17, 15) is 0 Å². The normalized spacial score (nSPS) is 15.5. The molecular formula is C22H28N6OS. The molecular weight excluding hydrogens is 396 g/mol. The molecule has 0 unspecified atom stereocenters. The SMILES string of the molecule is CCNC(=NCc1sc(-c2ccccc2)nc1C)N1CCN(Cc2ccon2)CC1. The number of thiazole rings is 1. The fourth-order valence-corrected chi connectivity index (χ4v) is 4.51. The van der Waals surface area contributed by atoms with E-state index in [-0.39, 0.29) is 0 Å². The van der Waals surface area contributed by atoms with Crippen LogP contribution in [0.3, 0.4) is 0 Å². The van der Waals surface area contributed by atoms with Crippen molar-refractivity contribution in [2.45, 2.75) is 26.9 Å². The Labute approximate surface area is 181 Å². The standard InChI is InChI=1S/C22H28N6OS/c1-3-23-22(28-12-10-27(11-13-28)16-19-9-14-29-26-19)24-15-20-17(2)25-21(30-20)18-7-5-4-6-8-18/h4-9,14H,3,10-13,15-16H2,1-2H3,(H,23,24). The largest absolute Gasteiger partial charge is 0.364 e. The van der Waals surface area contributed by atoms with Crippen molar-refractivity contribution in [1.82, 2.24) is 25.3 Å². The molecule has 0 spiro atoms. The molecule has 1 aromatic carbocycles. The lowest BCUT2D eigenvalue weighted by molar-refractivity contribution is 0.169. The number of benzene rings is 1. The molecule has 8 heteroatoms. The Bertz CT molecular complexity index is 945. The molecule has 0 aliphatic carbocycles. The molecule has 158 valence electrons. The highest BCUT2D eigenvalue weighted by Gasteiger charge is 2.20. The van der Waals surface area contributed by atoms with Crippen molar-refractivity contribution in [3.8, 4) is 10.6 Å². The minimum absolute atomic E-state index is 0.651. The van der Waals surface area contributed by atoms with E-state index in [1.807, 2.05) is 12.1 Å². The van der Waals surface area contributed by atoms with Crippen LogP contribution in [0.5, 0.6) is 0 Å². The number of aliphatic imine (C=N–C) groups is 1. The van der Waals surface area contributed by atoms with Gasteiger partial charge in [0.25, 0.3) is 0 Å². The third-order valence-electron chi connectivity index (χ3n) is 5.17. The van der Waals surface area contributed by atoms with Gasteiger partial charge in [0, 0.05) is 55.8 Å². The zero-order valence-electron chi connectivity index (χ0n) is 17.5. The average molecular weight is 425 g/mol. The van der Waals surface area contributed by atoms with E-state index in [1.54, 1.807) is 17.6 Å². The fraction of sp³-hybridized carbons (Fsp3) is 0.409. The van der Waals surface area contributed by atoms with Crippen LogP contribution >= 0.6 is 11.3 Å². The minimum atomic E-state index is 0.651. The second-order valence-electron chi connectivity index (χ2n) is 7.32. The van der Waals surface area contributed by atoms with Gasteiger partial charge in [-0.05, 0) is 13.8 Å². The van der Waals surface area contributed by atoms with Crippen LogP contribution in [0.1, 0.15) is 23.2 Å². The van der Waals surface area contributed by atoms with Crippen molar-refractivity contribution in [2.24, 2.45) is 4.99 Å². The molecule has 7 nitrogen and oxygen atoms in total. The highest BCUT2D eigenvalue weighted by Crippen LogP contribution is 2.28. The van der Waals surface area contributed by atoms with Gasteiger partial charge in [-0.15, -0.1) is 11.3 Å². The van der Waals surface area contributed by atoms with Gasteiger partial charge in [-0.2, -0.15) is 0 Å². The zero-order valence-corrected chi connectivity index (χ0v) is 18.4. The number of rotatable bonds is 6. The first-order valence-electron chi connectivity index (χ1n) is 10.4. The van der Waals surface area contributed by atoms with Gasteiger partial charge < -0.3 is 14.7 Å². The second-order valence-corrected chi connectivity index (χ2v) is 8.40. The lowest BCUT2D eigenvalue weighted by Crippen LogP contribution is -2.52. The van der Waals surface area contributed by atoms with Crippen molar-refractivity contribution in [1.29, 1.82) is 0 Å². The van der Waals surface area contributed by atoms with E-state index in [0.29, 0.717) is 6.54 Å². The third-order valence-corrected chi connectivity index (χ3v) is 6.36. The molecule has 1 aliphatic heterocycles. The number of hydrogen-bond acceptors (Lipinski definition) is 6. The number of hydrogen-bond donors (Lipinski definition) is 1. The van der Waals surface area contributed by atoms with Gasteiger partial charge in [0.05, 0.1) is 17.9 Å². The van der Waals surface area contributed by atoms with Crippen LogP contribution in [0.25, 0.3) is 10.6 Å². The first kappa shape index (κ1) is 20.6. The number of nitrogens with one attached hydrogen (secondary N) is 1. The smallest absolute Gasteiger partial charge is 0.194 e. The number of aromatic nitrogens is 2. The van der Waals surface area contributed by atoms with Crippen molar-refractivity contribution in [3.63, 3.8) is 0 Å². The van der Waals surface area contributed by atoms with Crippen molar-refractivity contribution in [3.05, 3.63) is 58.9 Å². The molecule has 30 heavy (non-hydrogen) atoms. The van der Waals surface area contributed by atoms with Crippen LogP contribution in [-0.4, -0.2) is 58.6 Å². The summed E-state index contributed by atoms with van der Waals surface area (Å²) in [6.07, 6.45) is 1.63. The number of nitrogens with zero attached hydrogens (tertiary/aromatic N) is 5. The molecule has 1 saturated heterocycles. The predicted molar refractivity (Wildman–Crippen MR) is 120 cm³/mol. The summed E-state index contributed by atoms with van der Waals surface area (Å²) in [7, 11) is 0. The number of piperazine rings is 1. The molecule has 1 N–H and O–H groups in total. The van der Waals surface area contributed by atoms with Crippen LogP contribution in [0.2, 0.25) is 0 Å². The van der Waals surface area contributed by atoms with E-state index < -0.39 is 0 Å². The first-order chi connectivity index (χ1) is 14.7. The molecule has 1 fully saturated rings. The summed E-state index contributed by atoms with van der Waals surface area (Å²) in [5.41, 5.74) is 3.21. The number of guanidine groups is 1. The molecule has 0 saturated carbocycles. The minimum Gasteiger partial charge on any atom is -0.364 e. The Kier molecular flexibility index (Phi) is 6.76. The van der Waals surface area contributed by atoms with Gasteiger partial charge in [0.15, 0.2) is 5.96 Å². The van der Waals surface area contributed by atoms with Crippen molar-refractivity contribution < 1.29 is 4.52 Å². The quantitative estimate of drug-likeness (QED) is 0.483. The van der Waals surface area contributed by atoms with E-state index in [1.165, 1.54) is 4.88 Å². The lowest BCUT2D eigenvalue weighted by atomic mass is 10.2. The van der Waals surface area contributed by atoms with Gasteiger partial charge >= 0.3 is 0 Å². The highest BCUT2D eigenvalue weighted by molar-refractivity contribution is 7.15. The Morgan fingerprint density at radius 3 is 2.67 bits per heavy atom. The summed E-state index contributed by atoms with van der Waals surface area (Å²) in [5, 5.41) is 8.53. The summed E-state index contributed by atoms with van der Waals surface area (Å²) in [6.45, 7) is 10.4.